The van der Waals surface area contributed by atoms with E-state index in [0.29, 0.717) is 6.04 Å². The molecule has 0 saturated carbocycles. The van der Waals surface area contributed by atoms with Crippen molar-refractivity contribution in [1.82, 2.24) is 15.1 Å². The molecule has 2 heterocycles. The Morgan fingerprint density at radius 3 is 2.89 bits per heavy atom. The van der Waals surface area contributed by atoms with Crippen LogP contribution in [0.1, 0.15) is 24.8 Å². The van der Waals surface area contributed by atoms with Gasteiger partial charge in [-0.3, -0.25) is 4.68 Å². The molecule has 3 rings (SSSR count). The predicted octanol–water partition coefficient (Wildman–Crippen LogP) is 2.77. The maximum Gasteiger partial charge on any atom is 0.0681 e. The van der Waals surface area contributed by atoms with Crippen molar-refractivity contribution in [2.75, 3.05) is 6.54 Å². The number of benzene rings is 1. The van der Waals surface area contributed by atoms with Gasteiger partial charge in [-0.2, -0.15) is 5.10 Å². The Kier molecular flexibility index (Phi) is 3.65. The standard InChI is InChI=1S/C16H21N3/c1-19-16(9-11-18-19)15-8-3-2-6-13(15)12-14-7-4-5-10-17-14/h2-3,6,8-9,11,14,17H,4-5,7,10,12H2,1H3. The average molecular weight is 255 g/mol. The monoisotopic (exact) mass is 255 g/mol. The molecule has 0 spiro atoms. The van der Waals surface area contributed by atoms with Gasteiger partial charge in [0.2, 0.25) is 0 Å². The Morgan fingerprint density at radius 1 is 1.26 bits per heavy atom. The van der Waals surface area contributed by atoms with Crippen LogP contribution >= 0.6 is 0 Å². The second kappa shape index (κ2) is 5.57. The highest BCUT2D eigenvalue weighted by atomic mass is 15.3. The molecule has 3 nitrogen and oxygen atoms in total. The minimum atomic E-state index is 0.628. The molecule has 1 aliphatic heterocycles. The summed E-state index contributed by atoms with van der Waals surface area (Å²) >= 11 is 0. The zero-order valence-electron chi connectivity index (χ0n) is 11.5. The van der Waals surface area contributed by atoms with Gasteiger partial charge in [-0.15, -0.1) is 0 Å². The summed E-state index contributed by atoms with van der Waals surface area (Å²) in [6.07, 6.45) is 6.94. The first kappa shape index (κ1) is 12.4. The van der Waals surface area contributed by atoms with Crippen molar-refractivity contribution in [1.29, 1.82) is 0 Å². The lowest BCUT2D eigenvalue weighted by Gasteiger charge is -2.24. The maximum absolute atomic E-state index is 4.28. The van der Waals surface area contributed by atoms with E-state index in [0.717, 1.165) is 6.42 Å². The second-order valence-electron chi connectivity index (χ2n) is 5.35. The molecule has 1 atom stereocenters. The lowest BCUT2D eigenvalue weighted by molar-refractivity contribution is 0.399. The fourth-order valence-electron chi connectivity index (χ4n) is 2.95. The summed E-state index contributed by atoms with van der Waals surface area (Å²) < 4.78 is 1.95. The third-order valence-electron chi connectivity index (χ3n) is 3.99. The van der Waals surface area contributed by atoms with Gasteiger partial charge in [-0.1, -0.05) is 30.7 Å². The molecule has 1 aromatic heterocycles. The summed E-state index contributed by atoms with van der Waals surface area (Å²) in [5, 5.41) is 7.91. The van der Waals surface area contributed by atoms with E-state index in [1.165, 1.54) is 42.6 Å². The van der Waals surface area contributed by atoms with Crippen molar-refractivity contribution in [3.8, 4) is 11.3 Å². The Hall–Kier alpha value is -1.61. The molecule has 2 aromatic rings. The topological polar surface area (TPSA) is 29.9 Å². The Labute approximate surface area is 114 Å². The Morgan fingerprint density at radius 2 is 2.16 bits per heavy atom. The fourth-order valence-corrected chi connectivity index (χ4v) is 2.95. The minimum Gasteiger partial charge on any atom is -0.314 e. The van der Waals surface area contributed by atoms with Gasteiger partial charge in [-0.05, 0) is 37.4 Å². The van der Waals surface area contributed by atoms with E-state index in [-0.39, 0.29) is 0 Å². The molecule has 0 radical (unpaired) electrons. The molecule has 1 N–H and O–H groups in total. The van der Waals surface area contributed by atoms with Crippen LogP contribution < -0.4 is 5.32 Å². The first-order valence-corrected chi connectivity index (χ1v) is 7.14. The van der Waals surface area contributed by atoms with Crippen LogP contribution in [-0.2, 0) is 13.5 Å². The smallest absolute Gasteiger partial charge is 0.0681 e. The lowest BCUT2D eigenvalue weighted by Crippen LogP contribution is -2.35. The molecular formula is C16H21N3. The quantitative estimate of drug-likeness (QED) is 0.914. The Balaban J connectivity index is 1.87. The zero-order chi connectivity index (χ0) is 13.1. The highest BCUT2D eigenvalue weighted by molar-refractivity contribution is 5.63. The summed E-state index contributed by atoms with van der Waals surface area (Å²) in [4.78, 5) is 0. The fraction of sp³-hybridized carbons (Fsp3) is 0.438. The first-order chi connectivity index (χ1) is 9.34. The van der Waals surface area contributed by atoms with Crippen LogP contribution in [0.5, 0.6) is 0 Å². The van der Waals surface area contributed by atoms with Gasteiger partial charge in [0, 0.05) is 24.8 Å². The third kappa shape index (κ3) is 2.71. The number of aromatic nitrogens is 2. The van der Waals surface area contributed by atoms with Crippen molar-refractivity contribution < 1.29 is 0 Å². The first-order valence-electron chi connectivity index (χ1n) is 7.14. The summed E-state index contributed by atoms with van der Waals surface area (Å²) in [6, 6.07) is 11.4. The van der Waals surface area contributed by atoms with Crippen LogP contribution in [-0.4, -0.2) is 22.4 Å². The van der Waals surface area contributed by atoms with E-state index in [1.807, 2.05) is 17.9 Å². The van der Waals surface area contributed by atoms with Gasteiger partial charge in [0.15, 0.2) is 0 Å². The maximum atomic E-state index is 4.28. The zero-order valence-corrected chi connectivity index (χ0v) is 11.5. The number of nitrogens with one attached hydrogen (secondary N) is 1. The summed E-state index contributed by atoms with van der Waals surface area (Å²) in [5.74, 6) is 0. The van der Waals surface area contributed by atoms with Crippen LogP contribution in [0.3, 0.4) is 0 Å². The molecule has 100 valence electrons. The molecule has 1 unspecified atom stereocenters. The SMILES string of the molecule is Cn1nccc1-c1ccccc1CC1CCCCN1. The predicted molar refractivity (Wildman–Crippen MR) is 78.0 cm³/mol. The van der Waals surface area contributed by atoms with Crippen molar-refractivity contribution in [3.63, 3.8) is 0 Å². The molecule has 0 aliphatic carbocycles. The molecule has 1 aliphatic rings. The molecule has 1 fully saturated rings. The van der Waals surface area contributed by atoms with Crippen LogP contribution in [0.2, 0.25) is 0 Å². The van der Waals surface area contributed by atoms with Crippen LogP contribution in [0.4, 0.5) is 0 Å². The van der Waals surface area contributed by atoms with E-state index in [9.17, 15) is 0 Å². The molecule has 1 aromatic carbocycles. The second-order valence-corrected chi connectivity index (χ2v) is 5.35. The third-order valence-corrected chi connectivity index (χ3v) is 3.99. The summed E-state index contributed by atoms with van der Waals surface area (Å²) in [5.41, 5.74) is 3.94. The molecule has 3 heteroatoms. The molecule has 19 heavy (non-hydrogen) atoms. The normalized spacial score (nSPS) is 19.5. The number of hydrogen-bond donors (Lipinski definition) is 1. The van der Waals surface area contributed by atoms with E-state index >= 15 is 0 Å². The number of nitrogens with zero attached hydrogens (tertiary/aromatic N) is 2. The average Bonchev–Trinajstić information content (AvgIpc) is 2.87. The highest BCUT2D eigenvalue weighted by Crippen LogP contribution is 2.25. The van der Waals surface area contributed by atoms with Gasteiger partial charge in [0.25, 0.3) is 0 Å². The van der Waals surface area contributed by atoms with Gasteiger partial charge >= 0.3 is 0 Å². The molecular weight excluding hydrogens is 234 g/mol. The van der Waals surface area contributed by atoms with E-state index < -0.39 is 0 Å². The van der Waals surface area contributed by atoms with Gasteiger partial charge in [0.1, 0.15) is 0 Å². The van der Waals surface area contributed by atoms with Gasteiger partial charge < -0.3 is 5.32 Å². The van der Waals surface area contributed by atoms with E-state index in [1.54, 1.807) is 0 Å². The number of aryl methyl sites for hydroxylation is 1. The van der Waals surface area contributed by atoms with Crippen LogP contribution in [0.15, 0.2) is 36.5 Å². The van der Waals surface area contributed by atoms with Gasteiger partial charge in [-0.25, -0.2) is 0 Å². The van der Waals surface area contributed by atoms with Crippen molar-refractivity contribution >= 4 is 0 Å². The largest absolute Gasteiger partial charge is 0.314 e. The van der Waals surface area contributed by atoms with E-state index in [4.69, 9.17) is 0 Å². The highest BCUT2D eigenvalue weighted by Gasteiger charge is 2.16. The summed E-state index contributed by atoms with van der Waals surface area (Å²) in [6.45, 7) is 1.17. The Bertz CT molecular complexity index is 538. The van der Waals surface area contributed by atoms with Crippen molar-refractivity contribution in [2.45, 2.75) is 31.7 Å². The van der Waals surface area contributed by atoms with Gasteiger partial charge in [0.05, 0.1) is 5.69 Å². The minimum absolute atomic E-state index is 0.628. The number of rotatable bonds is 3. The summed E-state index contributed by atoms with van der Waals surface area (Å²) in [7, 11) is 2.00. The van der Waals surface area contributed by atoms with Crippen molar-refractivity contribution in [2.24, 2.45) is 7.05 Å². The molecule has 0 amide bonds. The van der Waals surface area contributed by atoms with Crippen LogP contribution in [0.25, 0.3) is 11.3 Å². The van der Waals surface area contributed by atoms with E-state index in [2.05, 4.69) is 40.7 Å². The molecule has 0 bridgehead atoms. The number of hydrogen-bond acceptors (Lipinski definition) is 2. The number of piperidine rings is 1. The molecule has 1 saturated heterocycles. The lowest BCUT2D eigenvalue weighted by atomic mass is 9.94. The van der Waals surface area contributed by atoms with Crippen LogP contribution in [0, 0.1) is 0 Å². The van der Waals surface area contributed by atoms with Crippen molar-refractivity contribution in [3.05, 3.63) is 42.1 Å².